The van der Waals surface area contributed by atoms with Crippen LogP contribution in [0.5, 0.6) is 0 Å². The van der Waals surface area contributed by atoms with Crippen LogP contribution in [0.1, 0.15) is 24.3 Å². The molecule has 0 spiro atoms. The van der Waals surface area contributed by atoms with Crippen molar-refractivity contribution in [3.63, 3.8) is 0 Å². The molecule has 0 aliphatic rings. The molecule has 2 rings (SSSR count). The lowest BCUT2D eigenvalue weighted by atomic mass is 10.1. The minimum Gasteiger partial charge on any atom is -0.349 e. The highest BCUT2D eigenvalue weighted by molar-refractivity contribution is 5.92. The van der Waals surface area contributed by atoms with Crippen molar-refractivity contribution < 1.29 is 4.79 Å². The Balaban J connectivity index is 2.13. The molecule has 0 unspecified atom stereocenters. The van der Waals surface area contributed by atoms with Crippen molar-refractivity contribution in [1.82, 2.24) is 20.1 Å². The van der Waals surface area contributed by atoms with Gasteiger partial charge in [-0.3, -0.25) is 9.78 Å². The van der Waals surface area contributed by atoms with Gasteiger partial charge >= 0.3 is 0 Å². The average molecular weight is 259 g/mol. The largest absolute Gasteiger partial charge is 0.349 e. The molecule has 0 radical (unpaired) electrons. The van der Waals surface area contributed by atoms with Crippen LogP contribution in [-0.2, 0) is 0 Å². The lowest BCUT2D eigenvalue weighted by molar-refractivity contribution is 0.0941. The summed E-state index contributed by atoms with van der Waals surface area (Å²) in [7, 11) is 0. The normalized spacial score (nSPS) is 11.3. The van der Waals surface area contributed by atoms with Gasteiger partial charge in [-0.25, -0.2) is 4.68 Å². The van der Waals surface area contributed by atoms with E-state index in [4.69, 9.17) is 5.73 Å². The molecule has 1 amide bonds. The molecule has 6 heteroatoms. The Labute approximate surface area is 111 Å². The molecule has 6 nitrogen and oxygen atoms in total. The summed E-state index contributed by atoms with van der Waals surface area (Å²) < 4.78 is 1.67. The number of nitrogens with two attached hydrogens (primary N) is 1. The molecule has 0 atom stereocenters. The Morgan fingerprint density at radius 1 is 1.47 bits per heavy atom. The maximum atomic E-state index is 12.0. The first-order valence-electron chi connectivity index (χ1n) is 5.99. The van der Waals surface area contributed by atoms with Gasteiger partial charge in [0, 0.05) is 30.7 Å². The van der Waals surface area contributed by atoms with E-state index in [1.807, 2.05) is 19.9 Å². The third-order valence-electron chi connectivity index (χ3n) is 2.45. The SMILES string of the molecule is CC(C)(N)CNC(=O)c1cc(-n2cccn2)ccn1. The van der Waals surface area contributed by atoms with Crippen molar-refractivity contribution in [2.24, 2.45) is 5.73 Å². The zero-order chi connectivity index (χ0) is 13.9. The van der Waals surface area contributed by atoms with Gasteiger partial charge in [0.2, 0.25) is 0 Å². The molecule has 100 valence electrons. The minimum atomic E-state index is -0.449. The number of hydrogen-bond donors (Lipinski definition) is 2. The van der Waals surface area contributed by atoms with Crippen molar-refractivity contribution in [2.45, 2.75) is 19.4 Å². The number of rotatable bonds is 4. The van der Waals surface area contributed by atoms with E-state index in [9.17, 15) is 4.79 Å². The van der Waals surface area contributed by atoms with Crippen LogP contribution in [0.25, 0.3) is 5.69 Å². The summed E-state index contributed by atoms with van der Waals surface area (Å²) in [6, 6.07) is 5.29. The monoisotopic (exact) mass is 259 g/mol. The molecule has 2 heterocycles. The van der Waals surface area contributed by atoms with Crippen molar-refractivity contribution in [2.75, 3.05) is 6.54 Å². The molecular formula is C13H17N5O. The van der Waals surface area contributed by atoms with Crippen LogP contribution in [-0.4, -0.2) is 32.8 Å². The molecule has 0 aliphatic heterocycles. The van der Waals surface area contributed by atoms with E-state index in [1.54, 1.807) is 35.4 Å². The summed E-state index contributed by atoms with van der Waals surface area (Å²) in [6.07, 6.45) is 5.07. The topological polar surface area (TPSA) is 85.8 Å². The van der Waals surface area contributed by atoms with Gasteiger partial charge in [-0.05, 0) is 32.0 Å². The Morgan fingerprint density at radius 3 is 2.89 bits per heavy atom. The molecule has 0 fully saturated rings. The van der Waals surface area contributed by atoms with Gasteiger partial charge in [-0.2, -0.15) is 5.10 Å². The minimum absolute atomic E-state index is 0.243. The Kier molecular flexibility index (Phi) is 3.62. The van der Waals surface area contributed by atoms with Gasteiger partial charge in [0.1, 0.15) is 5.69 Å². The Morgan fingerprint density at radius 2 is 2.26 bits per heavy atom. The van der Waals surface area contributed by atoms with Gasteiger partial charge in [0.15, 0.2) is 0 Å². The van der Waals surface area contributed by atoms with Gasteiger partial charge in [0.25, 0.3) is 5.91 Å². The molecule has 0 saturated carbocycles. The van der Waals surface area contributed by atoms with Crippen LogP contribution in [0.2, 0.25) is 0 Å². The van der Waals surface area contributed by atoms with Crippen LogP contribution in [0.15, 0.2) is 36.8 Å². The summed E-state index contributed by atoms with van der Waals surface area (Å²) in [6.45, 7) is 4.08. The summed E-state index contributed by atoms with van der Waals surface area (Å²) >= 11 is 0. The zero-order valence-electron chi connectivity index (χ0n) is 11.0. The lowest BCUT2D eigenvalue weighted by Gasteiger charge is -2.18. The number of amides is 1. The first kappa shape index (κ1) is 13.2. The van der Waals surface area contributed by atoms with E-state index in [-0.39, 0.29) is 5.91 Å². The summed E-state index contributed by atoms with van der Waals surface area (Å²) in [4.78, 5) is 16.0. The first-order chi connectivity index (χ1) is 8.96. The number of carbonyl (C=O) groups excluding carboxylic acids is 1. The molecule has 2 aromatic heterocycles. The Hall–Kier alpha value is -2.21. The first-order valence-corrected chi connectivity index (χ1v) is 5.99. The number of hydrogen-bond acceptors (Lipinski definition) is 4. The standard InChI is InChI=1S/C13H17N5O/c1-13(2,14)9-16-12(19)11-8-10(4-6-15-11)18-7-3-5-17-18/h3-8H,9,14H2,1-2H3,(H,16,19). The average Bonchev–Trinajstić information content (AvgIpc) is 2.89. The fourth-order valence-electron chi connectivity index (χ4n) is 1.51. The quantitative estimate of drug-likeness (QED) is 0.847. The predicted octanol–water partition coefficient (Wildman–Crippen LogP) is 0.734. The second kappa shape index (κ2) is 5.19. The number of aromatic nitrogens is 3. The van der Waals surface area contributed by atoms with Crippen LogP contribution >= 0.6 is 0 Å². The fraction of sp³-hybridized carbons (Fsp3) is 0.308. The van der Waals surface area contributed by atoms with Crippen molar-refractivity contribution in [1.29, 1.82) is 0 Å². The molecule has 2 aromatic rings. The summed E-state index contributed by atoms with van der Waals surface area (Å²) in [5, 5.41) is 6.86. The smallest absolute Gasteiger partial charge is 0.270 e. The highest BCUT2D eigenvalue weighted by Gasteiger charge is 2.14. The Bertz CT molecular complexity index is 557. The second-order valence-electron chi connectivity index (χ2n) is 5.02. The predicted molar refractivity (Wildman–Crippen MR) is 72.0 cm³/mol. The molecule has 0 aromatic carbocycles. The molecule has 0 saturated heterocycles. The van der Waals surface area contributed by atoms with E-state index in [0.29, 0.717) is 12.2 Å². The highest BCUT2D eigenvalue weighted by atomic mass is 16.1. The van der Waals surface area contributed by atoms with Crippen LogP contribution in [0.4, 0.5) is 0 Å². The van der Waals surface area contributed by atoms with E-state index in [1.165, 1.54) is 0 Å². The van der Waals surface area contributed by atoms with Gasteiger partial charge in [-0.1, -0.05) is 0 Å². The van der Waals surface area contributed by atoms with E-state index < -0.39 is 5.54 Å². The second-order valence-corrected chi connectivity index (χ2v) is 5.02. The molecular weight excluding hydrogens is 242 g/mol. The van der Waals surface area contributed by atoms with Crippen molar-refractivity contribution in [3.05, 3.63) is 42.5 Å². The number of carbonyl (C=O) groups is 1. The van der Waals surface area contributed by atoms with E-state index >= 15 is 0 Å². The maximum absolute atomic E-state index is 12.0. The third-order valence-corrected chi connectivity index (χ3v) is 2.45. The summed E-state index contributed by atoms with van der Waals surface area (Å²) in [5.41, 5.74) is 6.50. The fourth-order valence-corrected chi connectivity index (χ4v) is 1.51. The van der Waals surface area contributed by atoms with Crippen molar-refractivity contribution in [3.8, 4) is 5.69 Å². The third kappa shape index (κ3) is 3.62. The molecule has 3 N–H and O–H groups in total. The van der Waals surface area contributed by atoms with Gasteiger partial charge in [-0.15, -0.1) is 0 Å². The highest BCUT2D eigenvalue weighted by Crippen LogP contribution is 2.07. The van der Waals surface area contributed by atoms with Crippen LogP contribution < -0.4 is 11.1 Å². The van der Waals surface area contributed by atoms with Crippen molar-refractivity contribution >= 4 is 5.91 Å². The van der Waals surface area contributed by atoms with E-state index in [0.717, 1.165) is 5.69 Å². The zero-order valence-corrected chi connectivity index (χ0v) is 11.0. The number of pyridine rings is 1. The van der Waals surface area contributed by atoms with Crippen LogP contribution in [0.3, 0.4) is 0 Å². The summed E-state index contributed by atoms with van der Waals surface area (Å²) in [5.74, 6) is -0.243. The van der Waals surface area contributed by atoms with Gasteiger partial charge in [0.05, 0.1) is 5.69 Å². The van der Waals surface area contributed by atoms with E-state index in [2.05, 4.69) is 15.4 Å². The molecule has 19 heavy (non-hydrogen) atoms. The number of nitrogens with one attached hydrogen (secondary N) is 1. The van der Waals surface area contributed by atoms with Gasteiger partial charge < -0.3 is 11.1 Å². The molecule has 0 bridgehead atoms. The molecule has 0 aliphatic carbocycles. The lowest BCUT2D eigenvalue weighted by Crippen LogP contribution is -2.45. The number of nitrogens with zero attached hydrogens (tertiary/aromatic N) is 3. The van der Waals surface area contributed by atoms with Crippen LogP contribution in [0, 0.1) is 0 Å². The maximum Gasteiger partial charge on any atom is 0.270 e.